The highest BCUT2D eigenvalue weighted by atomic mass is 35.5. The fourth-order valence-electron chi connectivity index (χ4n) is 5.79. The second-order valence-electron chi connectivity index (χ2n) is 11.5. The molecule has 3 N–H and O–H groups in total. The number of aryl methyl sites for hydroxylation is 1. The Kier molecular flexibility index (Phi) is 9.70. The zero-order chi connectivity index (χ0) is 35.0. The number of fused-ring (bicyclic) bond motifs is 1. The highest BCUT2D eigenvalue weighted by molar-refractivity contribution is 6.36. The molecule has 256 valence electrons. The lowest BCUT2D eigenvalue weighted by Crippen LogP contribution is -2.46. The molecule has 1 aliphatic heterocycles. The summed E-state index contributed by atoms with van der Waals surface area (Å²) in [6.45, 7) is 2.97. The number of rotatable bonds is 9. The number of aliphatic hydroxyl groups excluding tert-OH is 1. The number of nitrogens with one attached hydrogen (secondary N) is 2. The Morgan fingerprint density at radius 1 is 1.08 bits per heavy atom. The molecule has 1 saturated heterocycles. The molecule has 49 heavy (non-hydrogen) atoms. The summed E-state index contributed by atoms with van der Waals surface area (Å²) < 4.78 is 40.4. The van der Waals surface area contributed by atoms with Gasteiger partial charge in [-0.25, -0.2) is 28.5 Å². The molecule has 5 aromatic rings. The molecule has 2 atom stereocenters. The summed E-state index contributed by atoms with van der Waals surface area (Å²) in [5.41, 5.74) is 2.47. The van der Waals surface area contributed by atoms with E-state index in [1.165, 1.54) is 21.2 Å². The van der Waals surface area contributed by atoms with Crippen LogP contribution in [0.1, 0.15) is 29.9 Å². The topological polar surface area (TPSA) is 158 Å². The van der Waals surface area contributed by atoms with Crippen LogP contribution in [-0.4, -0.2) is 66.6 Å². The zero-order valence-corrected chi connectivity index (χ0v) is 27.8. The average molecular weight is 695 g/mol. The molecule has 0 aliphatic carbocycles. The minimum atomic E-state index is -3.05. The molecule has 2 aromatic carbocycles. The summed E-state index contributed by atoms with van der Waals surface area (Å²) in [5, 5.41) is 16.8. The van der Waals surface area contributed by atoms with Gasteiger partial charge in [0.05, 0.1) is 36.7 Å². The smallest absolute Gasteiger partial charge is 0.332 e. The van der Waals surface area contributed by atoms with E-state index in [0.717, 1.165) is 9.13 Å². The molecule has 6 rings (SSSR count). The molecule has 16 heteroatoms. The number of hydrogen-bond donors (Lipinski definition) is 3. The minimum absolute atomic E-state index is 0.117. The highest BCUT2D eigenvalue weighted by Gasteiger charge is 2.25. The number of hydrogen-bond acceptors (Lipinski definition) is 11. The van der Waals surface area contributed by atoms with Crippen LogP contribution in [-0.2, 0) is 25.4 Å². The highest BCUT2D eigenvalue weighted by Crippen LogP contribution is 2.39. The Morgan fingerprint density at radius 3 is 2.55 bits per heavy atom. The molecule has 1 fully saturated rings. The molecule has 0 bridgehead atoms. The van der Waals surface area contributed by atoms with E-state index in [1.54, 1.807) is 18.3 Å². The first kappa shape index (κ1) is 34.0. The van der Waals surface area contributed by atoms with Gasteiger partial charge in [0.15, 0.2) is 11.5 Å². The van der Waals surface area contributed by atoms with Crippen molar-refractivity contribution in [1.29, 1.82) is 0 Å². The van der Waals surface area contributed by atoms with Gasteiger partial charge in [-0.1, -0.05) is 41.9 Å². The van der Waals surface area contributed by atoms with Crippen molar-refractivity contribution in [2.24, 2.45) is 14.1 Å². The second-order valence-corrected chi connectivity index (χ2v) is 11.9. The lowest BCUT2D eigenvalue weighted by molar-refractivity contribution is -0.0281. The van der Waals surface area contributed by atoms with Crippen molar-refractivity contribution in [3.05, 3.63) is 85.5 Å². The number of alkyl halides is 2. The van der Waals surface area contributed by atoms with Crippen LogP contribution in [0.25, 0.3) is 33.4 Å². The van der Waals surface area contributed by atoms with Gasteiger partial charge < -0.3 is 25.2 Å². The SMILES string of the molecule is COc1nc(-c2cccc(-c3cccc(Nc4nc(C(F)F)nc5c4c(=O)n(C)c(=O)n5C)c3C)c2Cl)cnc1CNC1CCOCC1O. The van der Waals surface area contributed by atoms with Crippen LogP contribution in [0.5, 0.6) is 5.88 Å². The monoisotopic (exact) mass is 694 g/mol. The van der Waals surface area contributed by atoms with Crippen LogP contribution in [0, 0.1) is 6.92 Å². The Balaban J connectivity index is 1.35. The maximum atomic E-state index is 13.8. The molecule has 0 radical (unpaired) electrons. The first-order chi connectivity index (χ1) is 23.5. The molecular weight excluding hydrogens is 662 g/mol. The van der Waals surface area contributed by atoms with Crippen molar-refractivity contribution in [2.75, 3.05) is 25.6 Å². The van der Waals surface area contributed by atoms with Crippen LogP contribution in [0.3, 0.4) is 0 Å². The van der Waals surface area contributed by atoms with Crippen LogP contribution in [0.4, 0.5) is 20.3 Å². The summed E-state index contributed by atoms with van der Waals surface area (Å²) in [6, 6.07) is 10.6. The second kappa shape index (κ2) is 14.0. The average Bonchev–Trinajstić information content (AvgIpc) is 3.10. The largest absolute Gasteiger partial charge is 0.480 e. The third-order valence-electron chi connectivity index (χ3n) is 8.53. The maximum absolute atomic E-state index is 13.8. The molecule has 0 saturated carbocycles. The van der Waals surface area contributed by atoms with Gasteiger partial charge in [0.1, 0.15) is 16.9 Å². The van der Waals surface area contributed by atoms with Crippen molar-refractivity contribution in [1.82, 2.24) is 34.4 Å². The summed E-state index contributed by atoms with van der Waals surface area (Å²) in [4.78, 5) is 42.8. The third kappa shape index (κ3) is 6.49. The zero-order valence-electron chi connectivity index (χ0n) is 27.0. The van der Waals surface area contributed by atoms with Gasteiger partial charge in [0, 0.05) is 50.1 Å². The van der Waals surface area contributed by atoms with E-state index in [4.69, 9.17) is 21.1 Å². The predicted octanol–water partition coefficient (Wildman–Crippen LogP) is 4.04. The maximum Gasteiger partial charge on any atom is 0.332 e. The van der Waals surface area contributed by atoms with Crippen LogP contribution < -0.4 is 26.6 Å². The van der Waals surface area contributed by atoms with Gasteiger partial charge in [-0.3, -0.25) is 18.9 Å². The Hall–Kier alpha value is -4.83. The van der Waals surface area contributed by atoms with Gasteiger partial charge >= 0.3 is 5.69 Å². The summed E-state index contributed by atoms with van der Waals surface area (Å²) >= 11 is 7.02. The summed E-state index contributed by atoms with van der Waals surface area (Å²) in [7, 11) is 4.14. The Labute approximate surface area is 283 Å². The fraction of sp³-hybridized carbons (Fsp3) is 0.333. The number of methoxy groups -OCH3 is 1. The van der Waals surface area contributed by atoms with E-state index in [0.29, 0.717) is 69.8 Å². The van der Waals surface area contributed by atoms with Gasteiger partial charge in [0.2, 0.25) is 5.88 Å². The van der Waals surface area contributed by atoms with Crippen LogP contribution in [0.15, 0.2) is 52.2 Å². The number of halogens is 3. The number of benzene rings is 2. The van der Waals surface area contributed by atoms with Gasteiger partial charge in [-0.2, -0.15) is 0 Å². The Bertz CT molecular complexity index is 2180. The fourth-order valence-corrected chi connectivity index (χ4v) is 6.12. The number of aromatic nitrogens is 6. The predicted molar refractivity (Wildman–Crippen MR) is 180 cm³/mol. The van der Waals surface area contributed by atoms with E-state index < -0.39 is 29.6 Å². The summed E-state index contributed by atoms with van der Waals surface area (Å²) in [5.74, 6) is -0.693. The lowest BCUT2D eigenvalue weighted by Gasteiger charge is -2.28. The molecule has 2 unspecified atom stereocenters. The number of aliphatic hydroxyl groups is 1. The van der Waals surface area contributed by atoms with Gasteiger partial charge in [-0.15, -0.1) is 0 Å². The van der Waals surface area contributed by atoms with Crippen LogP contribution in [0.2, 0.25) is 5.02 Å². The van der Waals surface area contributed by atoms with Crippen LogP contribution >= 0.6 is 11.6 Å². The molecule has 4 heterocycles. The molecule has 13 nitrogen and oxygen atoms in total. The van der Waals surface area contributed by atoms with Crippen molar-refractivity contribution >= 4 is 34.1 Å². The van der Waals surface area contributed by atoms with Crippen molar-refractivity contribution < 1.29 is 23.4 Å². The van der Waals surface area contributed by atoms with Crippen molar-refractivity contribution in [3.8, 4) is 28.3 Å². The van der Waals surface area contributed by atoms with E-state index in [1.807, 2.05) is 31.2 Å². The molecule has 0 amide bonds. The van der Waals surface area contributed by atoms with Crippen molar-refractivity contribution in [2.45, 2.75) is 38.5 Å². The molecule has 1 aliphatic rings. The quantitative estimate of drug-likeness (QED) is 0.205. The van der Waals surface area contributed by atoms with E-state index in [-0.39, 0.29) is 29.5 Å². The standard InChI is InChI=1S/C33H33ClF2N8O5/c1-16-17(7-6-10-20(16)39-28-25-30(42-29(41-28)27(35)36)43(2)33(47)44(3)32(25)46)18-8-5-9-19(26(18)34)22-13-38-23(31(40-22)48-4)14-37-21-11-12-49-15-24(21)45/h5-10,13,21,24,27,37,45H,11-12,14-15H2,1-4H3,(H,39,41,42). The normalized spacial score (nSPS) is 16.3. The lowest BCUT2D eigenvalue weighted by atomic mass is 9.96. The molecular formula is C33H33ClF2N8O5. The number of anilines is 2. The summed E-state index contributed by atoms with van der Waals surface area (Å²) in [6.07, 6.45) is -1.40. The number of nitrogens with zero attached hydrogens (tertiary/aromatic N) is 6. The van der Waals surface area contributed by atoms with E-state index in [9.17, 15) is 23.5 Å². The first-order valence-electron chi connectivity index (χ1n) is 15.3. The van der Waals surface area contributed by atoms with Gasteiger partial charge in [-0.05, 0) is 30.5 Å². The Morgan fingerprint density at radius 2 is 1.82 bits per heavy atom. The first-order valence-corrected chi connectivity index (χ1v) is 15.7. The molecule has 3 aromatic heterocycles. The molecule has 0 spiro atoms. The van der Waals surface area contributed by atoms with E-state index >= 15 is 0 Å². The van der Waals surface area contributed by atoms with Crippen molar-refractivity contribution in [3.63, 3.8) is 0 Å². The third-order valence-corrected chi connectivity index (χ3v) is 8.93. The van der Waals surface area contributed by atoms with Gasteiger partial charge in [0.25, 0.3) is 12.0 Å². The minimum Gasteiger partial charge on any atom is -0.480 e. The number of ether oxygens (including phenoxy) is 2. The van der Waals surface area contributed by atoms with E-state index in [2.05, 4.69) is 30.6 Å².